The Morgan fingerprint density at radius 3 is 2.28 bits per heavy atom. The summed E-state index contributed by atoms with van der Waals surface area (Å²) in [7, 11) is 4.41. The summed E-state index contributed by atoms with van der Waals surface area (Å²) in [4.78, 5) is 5.01. The molecule has 3 heteroatoms. The van der Waals surface area contributed by atoms with E-state index in [-0.39, 0.29) is 5.54 Å². The molecule has 1 saturated carbocycles. The molecule has 2 rings (SSSR count). The highest BCUT2D eigenvalue weighted by Gasteiger charge is 2.28. The van der Waals surface area contributed by atoms with Gasteiger partial charge < -0.3 is 15.5 Å². The summed E-state index contributed by atoms with van der Waals surface area (Å²) >= 11 is 0. The molecule has 0 bridgehead atoms. The molecule has 1 saturated heterocycles. The average molecular weight is 253 g/mol. The second kappa shape index (κ2) is 6.36. The van der Waals surface area contributed by atoms with Gasteiger partial charge in [-0.2, -0.15) is 0 Å². The lowest BCUT2D eigenvalue weighted by molar-refractivity contribution is 0.130. The number of hydrogen-bond donors (Lipinski definition) is 1. The Balaban J connectivity index is 1.68. The number of likely N-dealkylation sites (tertiary alicyclic amines) is 1. The monoisotopic (exact) mass is 253 g/mol. The third-order valence-electron chi connectivity index (χ3n) is 5.06. The minimum atomic E-state index is 0.163. The van der Waals surface area contributed by atoms with Crippen molar-refractivity contribution in [3.8, 4) is 0 Å². The highest BCUT2D eigenvalue weighted by Crippen LogP contribution is 2.29. The number of nitrogens with zero attached hydrogens (tertiary/aromatic N) is 2. The maximum Gasteiger partial charge on any atom is 0.0166 e. The smallest absolute Gasteiger partial charge is 0.0166 e. The van der Waals surface area contributed by atoms with Crippen LogP contribution >= 0.6 is 0 Å². The topological polar surface area (TPSA) is 32.5 Å². The molecule has 0 unspecified atom stereocenters. The van der Waals surface area contributed by atoms with E-state index in [0.29, 0.717) is 0 Å². The van der Waals surface area contributed by atoms with Gasteiger partial charge >= 0.3 is 0 Å². The molecule has 0 aromatic heterocycles. The predicted molar refractivity (Wildman–Crippen MR) is 77.8 cm³/mol. The summed E-state index contributed by atoms with van der Waals surface area (Å²) in [6.45, 7) is 3.74. The Morgan fingerprint density at radius 2 is 1.72 bits per heavy atom. The summed E-state index contributed by atoms with van der Waals surface area (Å²) in [6, 6.07) is 0.794. The van der Waals surface area contributed by atoms with Crippen LogP contribution in [0.1, 0.15) is 51.4 Å². The lowest BCUT2D eigenvalue weighted by Gasteiger charge is -2.38. The van der Waals surface area contributed by atoms with Crippen LogP contribution in [0.3, 0.4) is 0 Å². The quantitative estimate of drug-likeness (QED) is 0.832. The van der Waals surface area contributed by atoms with E-state index in [1.165, 1.54) is 71.0 Å². The summed E-state index contributed by atoms with van der Waals surface area (Å²) in [5.41, 5.74) is 6.68. The minimum absolute atomic E-state index is 0.163. The van der Waals surface area contributed by atoms with Crippen molar-refractivity contribution in [2.45, 2.75) is 62.9 Å². The number of nitrogens with two attached hydrogens (primary N) is 1. The summed E-state index contributed by atoms with van der Waals surface area (Å²) in [5, 5.41) is 0. The van der Waals surface area contributed by atoms with Crippen LogP contribution in [-0.2, 0) is 0 Å². The van der Waals surface area contributed by atoms with E-state index in [9.17, 15) is 0 Å². The van der Waals surface area contributed by atoms with E-state index in [2.05, 4.69) is 23.9 Å². The van der Waals surface area contributed by atoms with E-state index >= 15 is 0 Å². The predicted octanol–water partition coefficient (Wildman–Crippen LogP) is 2.06. The lowest BCUT2D eigenvalue weighted by Crippen LogP contribution is -2.47. The van der Waals surface area contributed by atoms with Crippen LogP contribution in [-0.4, -0.2) is 55.1 Å². The first-order valence-electron chi connectivity index (χ1n) is 7.77. The first-order valence-corrected chi connectivity index (χ1v) is 7.77. The molecule has 0 atom stereocenters. The van der Waals surface area contributed by atoms with Gasteiger partial charge in [0.1, 0.15) is 0 Å². The van der Waals surface area contributed by atoms with Gasteiger partial charge in [-0.15, -0.1) is 0 Å². The van der Waals surface area contributed by atoms with Crippen molar-refractivity contribution in [1.29, 1.82) is 0 Å². The zero-order valence-electron chi connectivity index (χ0n) is 12.3. The zero-order valence-corrected chi connectivity index (χ0v) is 12.3. The van der Waals surface area contributed by atoms with E-state index in [4.69, 9.17) is 5.73 Å². The zero-order chi connectivity index (χ0) is 13.0. The van der Waals surface area contributed by atoms with E-state index < -0.39 is 0 Å². The van der Waals surface area contributed by atoms with Crippen LogP contribution in [0.15, 0.2) is 0 Å². The van der Waals surface area contributed by atoms with Crippen LogP contribution in [0, 0.1) is 0 Å². The SMILES string of the molecule is CN(C)C1CCN(CCC2(N)CCCCC2)CC1. The normalized spacial score (nSPS) is 26.7. The maximum absolute atomic E-state index is 6.52. The van der Waals surface area contributed by atoms with Crippen LogP contribution in [0.4, 0.5) is 0 Å². The van der Waals surface area contributed by atoms with Gasteiger partial charge in [0.15, 0.2) is 0 Å². The highest BCUT2D eigenvalue weighted by molar-refractivity contribution is 4.88. The molecule has 0 spiro atoms. The Labute approximate surface area is 113 Å². The van der Waals surface area contributed by atoms with Crippen molar-refractivity contribution < 1.29 is 0 Å². The molecule has 1 aliphatic heterocycles. The van der Waals surface area contributed by atoms with Gasteiger partial charge in [0.2, 0.25) is 0 Å². The molecule has 2 N–H and O–H groups in total. The van der Waals surface area contributed by atoms with Gasteiger partial charge in [0.25, 0.3) is 0 Å². The fraction of sp³-hybridized carbons (Fsp3) is 1.00. The van der Waals surface area contributed by atoms with Gasteiger partial charge in [-0.25, -0.2) is 0 Å². The van der Waals surface area contributed by atoms with E-state index in [1.807, 2.05) is 0 Å². The molecule has 0 aromatic carbocycles. The molecule has 18 heavy (non-hydrogen) atoms. The molecule has 2 fully saturated rings. The summed E-state index contributed by atoms with van der Waals surface area (Å²) in [5.74, 6) is 0. The number of piperidine rings is 1. The van der Waals surface area contributed by atoms with Crippen molar-refractivity contribution in [3.63, 3.8) is 0 Å². The van der Waals surface area contributed by atoms with Gasteiger partial charge in [-0.1, -0.05) is 19.3 Å². The highest BCUT2D eigenvalue weighted by atomic mass is 15.2. The van der Waals surface area contributed by atoms with E-state index in [1.54, 1.807) is 0 Å². The molecule has 3 nitrogen and oxygen atoms in total. The first-order chi connectivity index (χ1) is 8.59. The molecule has 1 heterocycles. The molecule has 1 aliphatic carbocycles. The first kappa shape index (κ1) is 14.3. The van der Waals surface area contributed by atoms with Crippen LogP contribution in [0.25, 0.3) is 0 Å². The second-order valence-electron chi connectivity index (χ2n) is 6.71. The summed E-state index contributed by atoms with van der Waals surface area (Å²) < 4.78 is 0. The third kappa shape index (κ3) is 3.94. The van der Waals surface area contributed by atoms with Gasteiger partial charge in [-0.05, 0) is 65.8 Å². The van der Waals surface area contributed by atoms with Crippen molar-refractivity contribution in [1.82, 2.24) is 9.80 Å². The fourth-order valence-corrected chi connectivity index (χ4v) is 3.55. The molecule has 2 aliphatic rings. The number of hydrogen-bond acceptors (Lipinski definition) is 3. The van der Waals surface area contributed by atoms with Crippen molar-refractivity contribution >= 4 is 0 Å². The Hall–Kier alpha value is -0.120. The van der Waals surface area contributed by atoms with Gasteiger partial charge in [0.05, 0.1) is 0 Å². The molecule has 0 aromatic rings. The summed E-state index contributed by atoms with van der Waals surface area (Å²) in [6.07, 6.45) is 10.4. The Bertz CT molecular complexity index is 238. The maximum atomic E-state index is 6.52. The third-order valence-corrected chi connectivity index (χ3v) is 5.06. The molecule has 0 radical (unpaired) electrons. The van der Waals surface area contributed by atoms with Crippen LogP contribution in [0.2, 0.25) is 0 Å². The van der Waals surface area contributed by atoms with E-state index in [0.717, 1.165) is 6.04 Å². The molecule has 0 amide bonds. The minimum Gasteiger partial charge on any atom is -0.325 e. The number of rotatable bonds is 4. The Morgan fingerprint density at radius 1 is 1.11 bits per heavy atom. The lowest BCUT2D eigenvalue weighted by atomic mass is 9.80. The standard InChI is InChI=1S/C15H31N3/c1-17(2)14-6-11-18(12-7-14)13-10-15(16)8-4-3-5-9-15/h14H,3-13,16H2,1-2H3. The largest absolute Gasteiger partial charge is 0.325 e. The van der Waals surface area contributed by atoms with Crippen LogP contribution in [0.5, 0.6) is 0 Å². The van der Waals surface area contributed by atoms with Gasteiger partial charge in [-0.3, -0.25) is 0 Å². The van der Waals surface area contributed by atoms with Crippen molar-refractivity contribution in [3.05, 3.63) is 0 Å². The molecule has 106 valence electrons. The van der Waals surface area contributed by atoms with Crippen molar-refractivity contribution in [2.24, 2.45) is 5.73 Å². The van der Waals surface area contributed by atoms with Crippen LogP contribution < -0.4 is 5.73 Å². The average Bonchev–Trinajstić information content (AvgIpc) is 2.38. The molecular weight excluding hydrogens is 222 g/mol. The van der Waals surface area contributed by atoms with Crippen molar-refractivity contribution in [2.75, 3.05) is 33.7 Å². The second-order valence-corrected chi connectivity index (χ2v) is 6.71. The fourth-order valence-electron chi connectivity index (χ4n) is 3.55. The molecular formula is C15H31N3. The van der Waals surface area contributed by atoms with Gasteiger partial charge in [0, 0.05) is 11.6 Å². The Kier molecular flexibility index (Phi) is 5.05.